The second kappa shape index (κ2) is 7.20. The van der Waals surface area contributed by atoms with Crippen molar-refractivity contribution in [3.05, 3.63) is 71.8 Å². The highest BCUT2D eigenvalue weighted by Crippen LogP contribution is 2.34. The maximum Gasteiger partial charge on any atom is 0.138 e. The molecule has 0 amide bonds. The van der Waals surface area contributed by atoms with Crippen LogP contribution >= 0.6 is 0 Å². The smallest absolute Gasteiger partial charge is 0.138 e. The molecule has 0 bridgehead atoms. The molecule has 2 rings (SSSR count). The molecule has 106 valence electrons. The van der Waals surface area contributed by atoms with E-state index in [0.29, 0.717) is 12.0 Å². The average molecular weight is 272 g/mol. The van der Waals surface area contributed by atoms with E-state index in [1.165, 1.54) is 5.56 Å². The Labute approximate surface area is 120 Å². The Balaban J connectivity index is 1.99. The minimum absolute atomic E-state index is 0.128. The van der Waals surface area contributed by atoms with E-state index >= 15 is 4.39 Å². The van der Waals surface area contributed by atoms with Gasteiger partial charge in [-0.25, -0.2) is 4.39 Å². The Morgan fingerprint density at radius 3 is 2.05 bits per heavy atom. The van der Waals surface area contributed by atoms with Crippen molar-refractivity contribution in [2.45, 2.75) is 31.4 Å². The molecule has 0 aliphatic rings. The molecule has 0 spiro atoms. The third kappa shape index (κ3) is 3.91. The van der Waals surface area contributed by atoms with Crippen LogP contribution in [0.5, 0.6) is 0 Å². The summed E-state index contributed by atoms with van der Waals surface area (Å²) in [4.78, 5) is 0. The van der Waals surface area contributed by atoms with Crippen LogP contribution in [0.25, 0.3) is 0 Å². The van der Waals surface area contributed by atoms with E-state index in [4.69, 9.17) is 5.11 Å². The van der Waals surface area contributed by atoms with Gasteiger partial charge in [0.2, 0.25) is 0 Å². The van der Waals surface area contributed by atoms with Crippen LogP contribution in [-0.4, -0.2) is 11.7 Å². The summed E-state index contributed by atoms with van der Waals surface area (Å²) in [7, 11) is 0. The highest BCUT2D eigenvalue weighted by Gasteiger charge is 2.30. The summed E-state index contributed by atoms with van der Waals surface area (Å²) in [6.45, 7) is -0.128. The number of rotatable bonds is 7. The van der Waals surface area contributed by atoms with Crippen molar-refractivity contribution in [3.63, 3.8) is 0 Å². The molecule has 0 radical (unpaired) electrons. The predicted molar refractivity (Wildman–Crippen MR) is 80.3 cm³/mol. The lowest BCUT2D eigenvalue weighted by Crippen LogP contribution is -2.22. The van der Waals surface area contributed by atoms with Crippen molar-refractivity contribution in [1.29, 1.82) is 0 Å². The standard InChI is InChI=1S/C18H21FO/c19-18(14-15-20,17-11-5-2-6-12-17)13-7-10-16-8-3-1-4-9-16/h1-6,8-9,11-12,20H,7,10,13-15H2/t18-/m1/s1. The predicted octanol–water partition coefficient (Wildman–Crippen LogP) is 4.26. The van der Waals surface area contributed by atoms with Gasteiger partial charge >= 0.3 is 0 Å². The van der Waals surface area contributed by atoms with Gasteiger partial charge in [-0.05, 0) is 30.4 Å². The zero-order chi connectivity index (χ0) is 14.3. The Kier molecular flexibility index (Phi) is 5.31. The lowest BCUT2D eigenvalue weighted by Gasteiger charge is -2.25. The first kappa shape index (κ1) is 14.7. The van der Waals surface area contributed by atoms with Crippen LogP contribution in [0, 0.1) is 0 Å². The van der Waals surface area contributed by atoms with Crippen LogP contribution < -0.4 is 0 Å². The molecular weight excluding hydrogens is 251 g/mol. The molecule has 2 aromatic rings. The Hall–Kier alpha value is -1.67. The summed E-state index contributed by atoms with van der Waals surface area (Å²) < 4.78 is 15.1. The van der Waals surface area contributed by atoms with Crippen molar-refractivity contribution < 1.29 is 9.50 Å². The summed E-state index contributed by atoms with van der Waals surface area (Å²) in [5.74, 6) is 0. The van der Waals surface area contributed by atoms with E-state index in [0.717, 1.165) is 12.8 Å². The van der Waals surface area contributed by atoms with Crippen molar-refractivity contribution in [3.8, 4) is 0 Å². The molecule has 0 heterocycles. The van der Waals surface area contributed by atoms with E-state index in [2.05, 4.69) is 12.1 Å². The number of benzene rings is 2. The van der Waals surface area contributed by atoms with Gasteiger partial charge in [0.15, 0.2) is 0 Å². The third-order valence-corrected chi connectivity index (χ3v) is 3.68. The van der Waals surface area contributed by atoms with Gasteiger partial charge in [-0.2, -0.15) is 0 Å². The van der Waals surface area contributed by atoms with Gasteiger partial charge in [-0.15, -0.1) is 0 Å². The number of aliphatic hydroxyl groups excluding tert-OH is 1. The molecule has 0 aromatic heterocycles. The fourth-order valence-electron chi connectivity index (χ4n) is 2.55. The van der Waals surface area contributed by atoms with Gasteiger partial charge in [-0.1, -0.05) is 60.7 Å². The zero-order valence-corrected chi connectivity index (χ0v) is 11.6. The van der Waals surface area contributed by atoms with Gasteiger partial charge in [0.1, 0.15) is 5.67 Å². The average Bonchev–Trinajstić information content (AvgIpc) is 2.49. The van der Waals surface area contributed by atoms with Crippen LogP contribution in [0.3, 0.4) is 0 Å². The topological polar surface area (TPSA) is 20.2 Å². The molecule has 1 atom stereocenters. The van der Waals surface area contributed by atoms with Gasteiger partial charge in [0, 0.05) is 13.0 Å². The third-order valence-electron chi connectivity index (χ3n) is 3.68. The summed E-state index contributed by atoms with van der Waals surface area (Å²) in [6.07, 6.45) is 2.23. The SMILES string of the molecule is OCC[C@](F)(CCCc1ccccc1)c1ccccc1. The molecule has 0 saturated heterocycles. The van der Waals surface area contributed by atoms with Crippen molar-refractivity contribution in [2.24, 2.45) is 0 Å². The molecule has 1 nitrogen and oxygen atoms in total. The van der Waals surface area contributed by atoms with E-state index < -0.39 is 5.67 Å². The molecular formula is C18H21FO. The normalized spacial score (nSPS) is 13.9. The second-order valence-corrected chi connectivity index (χ2v) is 5.14. The molecule has 0 aliphatic carbocycles. The summed E-state index contributed by atoms with van der Waals surface area (Å²) in [5.41, 5.74) is 0.471. The van der Waals surface area contributed by atoms with Crippen LogP contribution in [0.2, 0.25) is 0 Å². The summed E-state index contributed by atoms with van der Waals surface area (Å²) in [5, 5.41) is 9.14. The largest absolute Gasteiger partial charge is 0.396 e. The first-order valence-corrected chi connectivity index (χ1v) is 7.14. The van der Waals surface area contributed by atoms with Crippen LogP contribution in [0.4, 0.5) is 4.39 Å². The molecule has 20 heavy (non-hydrogen) atoms. The van der Waals surface area contributed by atoms with E-state index in [1.54, 1.807) is 12.1 Å². The lowest BCUT2D eigenvalue weighted by molar-refractivity contribution is 0.100. The van der Waals surface area contributed by atoms with Crippen molar-refractivity contribution >= 4 is 0 Å². The van der Waals surface area contributed by atoms with E-state index in [1.807, 2.05) is 36.4 Å². The molecule has 0 aliphatic heterocycles. The number of aryl methyl sites for hydroxylation is 1. The van der Waals surface area contributed by atoms with Gasteiger partial charge in [0.05, 0.1) is 0 Å². The Morgan fingerprint density at radius 2 is 1.45 bits per heavy atom. The fourth-order valence-corrected chi connectivity index (χ4v) is 2.55. The monoisotopic (exact) mass is 272 g/mol. The highest BCUT2D eigenvalue weighted by molar-refractivity contribution is 5.22. The van der Waals surface area contributed by atoms with Crippen LogP contribution in [0.15, 0.2) is 60.7 Å². The van der Waals surface area contributed by atoms with Crippen molar-refractivity contribution in [2.75, 3.05) is 6.61 Å². The molecule has 2 aromatic carbocycles. The highest BCUT2D eigenvalue weighted by atomic mass is 19.1. The summed E-state index contributed by atoms with van der Waals surface area (Å²) >= 11 is 0. The minimum Gasteiger partial charge on any atom is -0.396 e. The number of hydrogen-bond acceptors (Lipinski definition) is 1. The molecule has 0 fully saturated rings. The van der Waals surface area contributed by atoms with Crippen molar-refractivity contribution in [1.82, 2.24) is 0 Å². The first-order valence-electron chi connectivity index (χ1n) is 7.14. The van der Waals surface area contributed by atoms with Crippen LogP contribution in [-0.2, 0) is 12.1 Å². The van der Waals surface area contributed by atoms with Gasteiger partial charge in [0.25, 0.3) is 0 Å². The second-order valence-electron chi connectivity index (χ2n) is 5.14. The maximum absolute atomic E-state index is 15.1. The molecule has 1 N–H and O–H groups in total. The lowest BCUT2D eigenvalue weighted by atomic mass is 9.87. The molecule has 0 unspecified atom stereocenters. The maximum atomic E-state index is 15.1. The molecule has 0 saturated carbocycles. The quantitative estimate of drug-likeness (QED) is 0.798. The number of aliphatic hydroxyl groups is 1. The molecule has 2 heteroatoms. The van der Waals surface area contributed by atoms with Crippen LogP contribution in [0.1, 0.15) is 30.4 Å². The number of alkyl halides is 1. The van der Waals surface area contributed by atoms with E-state index in [-0.39, 0.29) is 13.0 Å². The first-order chi connectivity index (χ1) is 9.74. The van der Waals surface area contributed by atoms with Gasteiger partial charge in [-0.3, -0.25) is 0 Å². The minimum atomic E-state index is -1.43. The Morgan fingerprint density at radius 1 is 0.850 bits per heavy atom. The fraction of sp³-hybridized carbons (Fsp3) is 0.333. The zero-order valence-electron chi connectivity index (χ0n) is 11.6. The number of halogens is 1. The van der Waals surface area contributed by atoms with E-state index in [9.17, 15) is 0 Å². The van der Waals surface area contributed by atoms with Gasteiger partial charge < -0.3 is 5.11 Å². The summed E-state index contributed by atoms with van der Waals surface area (Å²) in [6, 6.07) is 19.3. The number of hydrogen-bond donors (Lipinski definition) is 1. The Bertz CT molecular complexity index is 497.